The minimum absolute atomic E-state index is 0.226. The first kappa shape index (κ1) is 16.9. The lowest BCUT2D eigenvalue weighted by molar-refractivity contribution is 0.251. The molecule has 0 fully saturated rings. The zero-order valence-corrected chi connectivity index (χ0v) is 13.7. The number of carbonyl (C=O) groups excluding carboxylic acids is 1. The van der Waals surface area contributed by atoms with Crippen molar-refractivity contribution in [1.29, 1.82) is 0 Å². The fraction of sp³-hybridized carbons (Fsp3) is 0.412. The van der Waals surface area contributed by atoms with E-state index < -0.39 is 0 Å². The van der Waals surface area contributed by atoms with Gasteiger partial charge >= 0.3 is 6.03 Å². The van der Waals surface area contributed by atoms with Crippen LogP contribution in [0.4, 0.5) is 10.5 Å². The van der Waals surface area contributed by atoms with Gasteiger partial charge in [0.05, 0.1) is 18.6 Å². The van der Waals surface area contributed by atoms with E-state index in [1.54, 1.807) is 12.5 Å². The molecule has 1 aromatic heterocycles. The van der Waals surface area contributed by atoms with Crippen LogP contribution < -0.4 is 15.4 Å². The molecule has 6 heteroatoms. The van der Waals surface area contributed by atoms with Gasteiger partial charge in [0.1, 0.15) is 5.75 Å². The van der Waals surface area contributed by atoms with Crippen LogP contribution in [-0.2, 0) is 6.54 Å². The number of imidazole rings is 1. The first-order valence-corrected chi connectivity index (χ1v) is 7.87. The summed E-state index contributed by atoms with van der Waals surface area (Å²) in [7, 11) is 0. The third kappa shape index (κ3) is 6.02. The zero-order chi connectivity index (χ0) is 16.5. The van der Waals surface area contributed by atoms with E-state index in [4.69, 9.17) is 4.74 Å². The molecule has 0 unspecified atom stereocenters. The summed E-state index contributed by atoms with van der Waals surface area (Å²) in [4.78, 5) is 15.9. The van der Waals surface area contributed by atoms with Gasteiger partial charge in [-0.3, -0.25) is 0 Å². The Hall–Kier alpha value is -2.50. The Morgan fingerprint density at radius 3 is 2.91 bits per heavy atom. The summed E-state index contributed by atoms with van der Waals surface area (Å²) in [6, 6.07) is 7.23. The maximum absolute atomic E-state index is 12.0. The average Bonchev–Trinajstić information content (AvgIpc) is 3.04. The second-order valence-electron chi connectivity index (χ2n) is 5.74. The number of nitrogens with zero attached hydrogens (tertiary/aromatic N) is 2. The number of aromatic nitrogens is 2. The molecular formula is C17H24N4O2. The number of nitrogens with one attached hydrogen (secondary N) is 2. The summed E-state index contributed by atoms with van der Waals surface area (Å²) in [6.07, 6.45) is 6.26. The van der Waals surface area contributed by atoms with Gasteiger partial charge < -0.3 is 19.9 Å². The van der Waals surface area contributed by atoms with E-state index in [1.165, 1.54) is 0 Å². The van der Waals surface area contributed by atoms with Crippen LogP contribution in [0.15, 0.2) is 43.0 Å². The van der Waals surface area contributed by atoms with Crippen molar-refractivity contribution in [3.8, 4) is 5.75 Å². The molecule has 1 heterocycles. The smallest absolute Gasteiger partial charge is 0.319 e. The Bertz CT molecular complexity index is 596. The number of ether oxygens (including phenoxy) is 1. The number of anilines is 1. The number of amides is 2. The summed E-state index contributed by atoms with van der Waals surface area (Å²) < 4.78 is 7.70. The maximum Gasteiger partial charge on any atom is 0.319 e. The lowest BCUT2D eigenvalue weighted by Crippen LogP contribution is -2.30. The molecule has 2 aromatic rings. The number of hydrogen-bond acceptors (Lipinski definition) is 3. The van der Waals surface area contributed by atoms with Crippen LogP contribution in [0.25, 0.3) is 0 Å². The molecule has 0 radical (unpaired) electrons. The molecule has 0 spiro atoms. The van der Waals surface area contributed by atoms with E-state index in [2.05, 4.69) is 29.5 Å². The Balaban J connectivity index is 1.76. The van der Waals surface area contributed by atoms with Crippen molar-refractivity contribution < 1.29 is 9.53 Å². The summed E-state index contributed by atoms with van der Waals surface area (Å²) in [5.41, 5.74) is 0.681. The maximum atomic E-state index is 12.0. The quantitative estimate of drug-likeness (QED) is 0.735. The van der Waals surface area contributed by atoms with Gasteiger partial charge in [-0.15, -0.1) is 0 Å². The van der Waals surface area contributed by atoms with Crippen molar-refractivity contribution in [2.24, 2.45) is 5.92 Å². The molecule has 23 heavy (non-hydrogen) atoms. The fourth-order valence-corrected chi connectivity index (χ4v) is 2.00. The van der Waals surface area contributed by atoms with Gasteiger partial charge in [-0.25, -0.2) is 9.78 Å². The normalized spacial score (nSPS) is 10.6. The van der Waals surface area contributed by atoms with Crippen molar-refractivity contribution in [1.82, 2.24) is 14.9 Å². The number of rotatable bonds is 8. The molecule has 0 aliphatic rings. The lowest BCUT2D eigenvalue weighted by Gasteiger charge is -2.14. The van der Waals surface area contributed by atoms with Crippen molar-refractivity contribution in [2.75, 3.05) is 18.5 Å². The highest BCUT2D eigenvalue weighted by atomic mass is 16.5. The molecule has 1 aromatic carbocycles. The SMILES string of the molecule is CC(C)COc1ccccc1NC(=O)NCCCn1ccnc1. The fourth-order valence-electron chi connectivity index (χ4n) is 2.00. The Labute approximate surface area is 136 Å². The predicted octanol–water partition coefficient (Wildman–Crippen LogP) is 3.13. The Morgan fingerprint density at radius 1 is 1.35 bits per heavy atom. The van der Waals surface area contributed by atoms with Crippen LogP contribution in [0.3, 0.4) is 0 Å². The van der Waals surface area contributed by atoms with Gasteiger partial charge in [-0.05, 0) is 24.5 Å². The van der Waals surface area contributed by atoms with Gasteiger partial charge in [-0.1, -0.05) is 26.0 Å². The van der Waals surface area contributed by atoms with Crippen LogP contribution in [-0.4, -0.2) is 28.7 Å². The highest BCUT2D eigenvalue weighted by Crippen LogP contribution is 2.24. The molecule has 2 amide bonds. The molecule has 124 valence electrons. The number of para-hydroxylation sites is 2. The third-order valence-corrected chi connectivity index (χ3v) is 3.15. The molecule has 0 aliphatic heterocycles. The van der Waals surface area contributed by atoms with Gasteiger partial charge in [0, 0.05) is 25.5 Å². The topological polar surface area (TPSA) is 68.2 Å². The molecule has 2 N–H and O–H groups in total. The molecule has 0 saturated heterocycles. The average molecular weight is 316 g/mol. The highest BCUT2D eigenvalue weighted by molar-refractivity contribution is 5.90. The molecule has 6 nitrogen and oxygen atoms in total. The number of carbonyl (C=O) groups is 1. The minimum atomic E-state index is -0.226. The van der Waals surface area contributed by atoms with Gasteiger partial charge in [0.2, 0.25) is 0 Å². The van der Waals surface area contributed by atoms with Crippen molar-refractivity contribution >= 4 is 11.7 Å². The zero-order valence-electron chi connectivity index (χ0n) is 13.7. The largest absolute Gasteiger partial charge is 0.491 e. The lowest BCUT2D eigenvalue weighted by atomic mass is 10.2. The van der Waals surface area contributed by atoms with Crippen molar-refractivity contribution in [3.63, 3.8) is 0 Å². The third-order valence-electron chi connectivity index (χ3n) is 3.15. The monoisotopic (exact) mass is 316 g/mol. The summed E-state index contributed by atoms with van der Waals surface area (Å²) >= 11 is 0. The molecule has 0 aliphatic carbocycles. The van der Waals surface area contributed by atoms with Crippen LogP contribution in [0.2, 0.25) is 0 Å². The van der Waals surface area contributed by atoms with Crippen LogP contribution in [0.1, 0.15) is 20.3 Å². The van der Waals surface area contributed by atoms with Crippen LogP contribution in [0, 0.1) is 5.92 Å². The molecule has 2 rings (SSSR count). The van der Waals surface area contributed by atoms with Crippen LogP contribution >= 0.6 is 0 Å². The molecule has 0 saturated carbocycles. The molecule has 0 atom stereocenters. The standard InChI is InChI=1S/C17H24N4O2/c1-14(2)12-23-16-7-4-3-6-15(16)20-17(22)19-8-5-10-21-11-9-18-13-21/h3-4,6-7,9,11,13-14H,5,8,10,12H2,1-2H3,(H2,19,20,22). The van der Waals surface area contributed by atoms with E-state index in [0.717, 1.165) is 13.0 Å². The first-order valence-electron chi connectivity index (χ1n) is 7.87. The van der Waals surface area contributed by atoms with Crippen LogP contribution in [0.5, 0.6) is 5.75 Å². The molecular weight excluding hydrogens is 292 g/mol. The summed E-state index contributed by atoms with van der Waals surface area (Å²) in [5, 5.41) is 5.68. The Kier molecular flexibility index (Phi) is 6.47. The number of urea groups is 1. The first-order chi connectivity index (χ1) is 11.1. The van der Waals surface area contributed by atoms with Gasteiger partial charge in [0.25, 0.3) is 0 Å². The molecule has 0 bridgehead atoms. The Morgan fingerprint density at radius 2 is 2.17 bits per heavy atom. The van der Waals surface area contributed by atoms with E-state index in [9.17, 15) is 4.79 Å². The van der Waals surface area contributed by atoms with Crippen molar-refractivity contribution in [3.05, 3.63) is 43.0 Å². The minimum Gasteiger partial charge on any atom is -0.491 e. The van der Waals surface area contributed by atoms with E-state index in [1.807, 2.05) is 35.0 Å². The van der Waals surface area contributed by atoms with Gasteiger partial charge in [0.15, 0.2) is 0 Å². The number of aryl methyl sites for hydroxylation is 1. The second-order valence-corrected chi connectivity index (χ2v) is 5.74. The number of benzene rings is 1. The second kappa shape index (κ2) is 8.82. The predicted molar refractivity (Wildman–Crippen MR) is 90.6 cm³/mol. The van der Waals surface area contributed by atoms with E-state index >= 15 is 0 Å². The number of hydrogen-bond donors (Lipinski definition) is 2. The van der Waals surface area contributed by atoms with Crippen molar-refractivity contribution in [2.45, 2.75) is 26.8 Å². The van der Waals surface area contributed by atoms with E-state index in [0.29, 0.717) is 30.5 Å². The summed E-state index contributed by atoms with van der Waals surface area (Å²) in [6.45, 7) is 6.21. The highest BCUT2D eigenvalue weighted by Gasteiger charge is 2.07. The summed E-state index contributed by atoms with van der Waals surface area (Å²) in [5.74, 6) is 1.12. The van der Waals surface area contributed by atoms with Gasteiger partial charge in [-0.2, -0.15) is 0 Å². The van der Waals surface area contributed by atoms with E-state index in [-0.39, 0.29) is 6.03 Å².